The second-order valence-corrected chi connectivity index (χ2v) is 5.24. The van der Waals surface area contributed by atoms with E-state index in [0.717, 1.165) is 18.5 Å². The maximum atomic E-state index is 5.75. The summed E-state index contributed by atoms with van der Waals surface area (Å²) in [5.41, 5.74) is 9.13. The normalized spacial score (nSPS) is 12.4. The van der Waals surface area contributed by atoms with Gasteiger partial charge in [-0.3, -0.25) is 16.3 Å². The molecule has 20 heavy (non-hydrogen) atoms. The van der Waals surface area contributed by atoms with Crippen LogP contribution in [0.4, 0.5) is 0 Å². The predicted octanol–water partition coefficient (Wildman–Crippen LogP) is 3.01. The van der Waals surface area contributed by atoms with Crippen LogP contribution in [0.5, 0.6) is 0 Å². The van der Waals surface area contributed by atoms with Crippen LogP contribution in [0.15, 0.2) is 36.5 Å². The Morgan fingerprint density at radius 2 is 2.00 bits per heavy atom. The molecule has 0 saturated heterocycles. The first-order chi connectivity index (χ1) is 9.65. The highest BCUT2D eigenvalue weighted by molar-refractivity contribution is 5.32. The van der Waals surface area contributed by atoms with Crippen molar-refractivity contribution in [2.75, 3.05) is 0 Å². The molecule has 106 valence electrons. The highest BCUT2D eigenvalue weighted by atomic mass is 15.2. The molecule has 0 bridgehead atoms. The molecule has 3 N–H and O–H groups in total. The summed E-state index contributed by atoms with van der Waals surface area (Å²) in [5.74, 6) is 5.75. The van der Waals surface area contributed by atoms with Crippen molar-refractivity contribution in [3.63, 3.8) is 0 Å². The molecule has 0 fully saturated rings. The van der Waals surface area contributed by atoms with Gasteiger partial charge in [0, 0.05) is 6.20 Å². The van der Waals surface area contributed by atoms with Gasteiger partial charge in [0.05, 0.1) is 11.7 Å². The fourth-order valence-corrected chi connectivity index (χ4v) is 2.46. The Balaban J connectivity index is 2.26. The zero-order valence-electron chi connectivity index (χ0n) is 12.5. The van der Waals surface area contributed by atoms with E-state index in [0.29, 0.717) is 0 Å². The molecule has 2 rings (SSSR count). The number of hydrogen-bond acceptors (Lipinski definition) is 3. The number of hydrogen-bond donors (Lipinski definition) is 2. The van der Waals surface area contributed by atoms with Crippen LogP contribution >= 0.6 is 0 Å². The second kappa shape index (κ2) is 6.64. The van der Waals surface area contributed by atoms with E-state index in [9.17, 15) is 0 Å². The first kappa shape index (κ1) is 14.7. The largest absolute Gasteiger partial charge is 0.271 e. The molecular weight excluding hydrogens is 246 g/mol. The van der Waals surface area contributed by atoms with Gasteiger partial charge in [-0.2, -0.15) is 0 Å². The molecule has 1 unspecified atom stereocenters. The second-order valence-electron chi connectivity index (χ2n) is 5.24. The zero-order valence-corrected chi connectivity index (χ0v) is 12.5. The maximum Gasteiger partial charge on any atom is 0.0675 e. The Morgan fingerprint density at radius 1 is 1.20 bits per heavy atom. The monoisotopic (exact) mass is 269 g/mol. The lowest BCUT2D eigenvalue weighted by atomic mass is 9.97. The van der Waals surface area contributed by atoms with E-state index in [2.05, 4.69) is 55.4 Å². The first-order valence-corrected chi connectivity index (χ1v) is 7.11. The summed E-state index contributed by atoms with van der Waals surface area (Å²) in [4.78, 5) is 4.51. The average Bonchev–Trinajstić information content (AvgIpc) is 2.48. The summed E-state index contributed by atoms with van der Waals surface area (Å²) >= 11 is 0. The topological polar surface area (TPSA) is 50.9 Å². The number of benzene rings is 1. The van der Waals surface area contributed by atoms with Crippen molar-refractivity contribution in [3.05, 3.63) is 64.5 Å². The molecule has 1 heterocycles. The number of rotatable bonds is 5. The minimum absolute atomic E-state index is 0.0493. The Labute approximate surface area is 121 Å². The van der Waals surface area contributed by atoms with Gasteiger partial charge in [0.25, 0.3) is 0 Å². The number of aryl methyl sites for hydroxylation is 3. The molecule has 0 aliphatic heterocycles. The molecule has 2 aromatic rings. The van der Waals surface area contributed by atoms with Gasteiger partial charge in [-0.25, -0.2) is 0 Å². The SMILES string of the molecule is CCc1cccnc1C(Cc1ccc(C)c(C)c1)NN. The Kier molecular flexibility index (Phi) is 4.88. The molecule has 3 nitrogen and oxygen atoms in total. The van der Waals surface area contributed by atoms with Gasteiger partial charge in [-0.15, -0.1) is 0 Å². The average molecular weight is 269 g/mol. The van der Waals surface area contributed by atoms with E-state index in [4.69, 9.17) is 5.84 Å². The number of nitrogens with zero attached hydrogens (tertiary/aromatic N) is 1. The smallest absolute Gasteiger partial charge is 0.0675 e. The first-order valence-electron chi connectivity index (χ1n) is 7.11. The van der Waals surface area contributed by atoms with Crippen LogP contribution in [0.1, 0.15) is 40.9 Å². The van der Waals surface area contributed by atoms with Crippen molar-refractivity contribution in [3.8, 4) is 0 Å². The van der Waals surface area contributed by atoms with Gasteiger partial charge in [0.15, 0.2) is 0 Å². The number of nitrogens with one attached hydrogen (secondary N) is 1. The molecule has 1 aromatic carbocycles. The summed E-state index contributed by atoms with van der Waals surface area (Å²) in [6, 6.07) is 10.7. The van der Waals surface area contributed by atoms with Crippen LogP contribution in [0.2, 0.25) is 0 Å². The van der Waals surface area contributed by atoms with Crippen molar-refractivity contribution < 1.29 is 0 Å². The van der Waals surface area contributed by atoms with Crippen LogP contribution in [-0.2, 0) is 12.8 Å². The van der Waals surface area contributed by atoms with E-state index in [1.807, 2.05) is 12.3 Å². The van der Waals surface area contributed by atoms with Crippen LogP contribution in [0, 0.1) is 13.8 Å². The number of hydrazine groups is 1. The number of nitrogens with two attached hydrogens (primary N) is 1. The lowest BCUT2D eigenvalue weighted by Crippen LogP contribution is -2.31. The van der Waals surface area contributed by atoms with Gasteiger partial charge >= 0.3 is 0 Å². The summed E-state index contributed by atoms with van der Waals surface area (Å²) in [6.07, 6.45) is 3.65. The van der Waals surface area contributed by atoms with Gasteiger partial charge in [0.2, 0.25) is 0 Å². The third kappa shape index (κ3) is 3.24. The van der Waals surface area contributed by atoms with Crippen LogP contribution in [0.3, 0.4) is 0 Å². The number of aromatic nitrogens is 1. The Hall–Kier alpha value is -1.71. The molecule has 0 spiro atoms. The van der Waals surface area contributed by atoms with Gasteiger partial charge in [-0.05, 0) is 55.0 Å². The van der Waals surface area contributed by atoms with E-state index in [1.165, 1.54) is 22.3 Å². The highest BCUT2D eigenvalue weighted by Gasteiger charge is 2.15. The third-order valence-electron chi connectivity index (χ3n) is 3.85. The van der Waals surface area contributed by atoms with Crippen molar-refractivity contribution in [2.45, 2.75) is 39.7 Å². The molecule has 1 atom stereocenters. The van der Waals surface area contributed by atoms with Crippen molar-refractivity contribution in [1.29, 1.82) is 0 Å². The summed E-state index contributed by atoms with van der Waals surface area (Å²) < 4.78 is 0. The number of pyridine rings is 1. The van der Waals surface area contributed by atoms with Crippen LogP contribution in [-0.4, -0.2) is 4.98 Å². The molecule has 0 aliphatic carbocycles. The fourth-order valence-electron chi connectivity index (χ4n) is 2.46. The van der Waals surface area contributed by atoms with E-state index in [1.54, 1.807) is 0 Å². The van der Waals surface area contributed by atoms with Crippen LogP contribution < -0.4 is 11.3 Å². The van der Waals surface area contributed by atoms with Crippen molar-refractivity contribution in [2.24, 2.45) is 5.84 Å². The molecule has 0 radical (unpaired) electrons. The van der Waals surface area contributed by atoms with E-state index in [-0.39, 0.29) is 6.04 Å². The summed E-state index contributed by atoms with van der Waals surface area (Å²) in [7, 11) is 0. The standard InChI is InChI=1S/C17H23N3/c1-4-15-6-5-9-19-17(15)16(20-18)11-14-8-7-12(2)13(3)10-14/h5-10,16,20H,4,11,18H2,1-3H3. The van der Waals surface area contributed by atoms with Gasteiger partial charge < -0.3 is 0 Å². The predicted molar refractivity (Wildman–Crippen MR) is 83.3 cm³/mol. The van der Waals surface area contributed by atoms with E-state index >= 15 is 0 Å². The summed E-state index contributed by atoms with van der Waals surface area (Å²) in [5, 5.41) is 0. The molecular formula is C17H23N3. The molecule has 1 aromatic heterocycles. The van der Waals surface area contributed by atoms with Gasteiger partial charge in [-0.1, -0.05) is 31.2 Å². The minimum atomic E-state index is 0.0493. The lowest BCUT2D eigenvalue weighted by Gasteiger charge is -2.18. The third-order valence-corrected chi connectivity index (χ3v) is 3.85. The molecule has 0 aliphatic rings. The van der Waals surface area contributed by atoms with Gasteiger partial charge in [0.1, 0.15) is 0 Å². The molecule has 0 saturated carbocycles. The maximum absolute atomic E-state index is 5.75. The Morgan fingerprint density at radius 3 is 2.65 bits per heavy atom. The Bertz CT molecular complexity index is 578. The fraction of sp³-hybridized carbons (Fsp3) is 0.353. The van der Waals surface area contributed by atoms with Crippen molar-refractivity contribution >= 4 is 0 Å². The highest BCUT2D eigenvalue weighted by Crippen LogP contribution is 2.21. The molecule has 0 amide bonds. The quantitative estimate of drug-likeness (QED) is 0.648. The molecule has 3 heteroatoms. The zero-order chi connectivity index (χ0) is 14.5. The lowest BCUT2D eigenvalue weighted by molar-refractivity contribution is 0.533. The van der Waals surface area contributed by atoms with Crippen molar-refractivity contribution in [1.82, 2.24) is 10.4 Å². The minimum Gasteiger partial charge on any atom is -0.271 e. The summed E-state index contributed by atoms with van der Waals surface area (Å²) in [6.45, 7) is 6.41. The van der Waals surface area contributed by atoms with E-state index < -0.39 is 0 Å². The van der Waals surface area contributed by atoms with Crippen LogP contribution in [0.25, 0.3) is 0 Å².